The summed E-state index contributed by atoms with van der Waals surface area (Å²) in [4.78, 5) is 17.5. The van der Waals surface area contributed by atoms with Crippen molar-refractivity contribution in [1.29, 1.82) is 0 Å². The lowest BCUT2D eigenvalue weighted by Gasteiger charge is -2.28. The van der Waals surface area contributed by atoms with Gasteiger partial charge in [0.05, 0.1) is 20.3 Å². The number of methoxy groups -OCH3 is 1. The van der Waals surface area contributed by atoms with Gasteiger partial charge >= 0.3 is 0 Å². The van der Waals surface area contributed by atoms with Crippen molar-refractivity contribution in [3.63, 3.8) is 0 Å². The molecule has 1 aliphatic heterocycles. The number of amides is 1. The predicted octanol–water partition coefficient (Wildman–Crippen LogP) is 1.61. The minimum Gasteiger partial charge on any atom is -0.495 e. The van der Waals surface area contributed by atoms with E-state index in [2.05, 4.69) is 15.5 Å². The standard InChI is InChI=1S/C20H26N4O6S/c1-14-21-19(23-30-14)20(7-3-4-8-20)22-18(25)15-5-6-16(28-2)17(13-15)31(26,27)24-9-11-29-12-10-24/h5-6,13H,3-4,7-12H2,1-2H3,(H,22,25). The Hall–Kier alpha value is -2.50. The lowest BCUT2D eigenvalue weighted by Crippen LogP contribution is -2.44. The van der Waals surface area contributed by atoms with Crippen molar-refractivity contribution in [2.24, 2.45) is 0 Å². The van der Waals surface area contributed by atoms with Crippen LogP contribution >= 0.6 is 0 Å². The van der Waals surface area contributed by atoms with Gasteiger partial charge < -0.3 is 19.3 Å². The van der Waals surface area contributed by atoms with E-state index in [1.165, 1.54) is 23.5 Å². The Balaban J connectivity index is 1.65. The first-order valence-corrected chi connectivity index (χ1v) is 11.7. The molecule has 1 amide bonds. The molecule has 10 nitrogen and oxygen atoms in total. The maximum Gasteiger partial charge on any atom is 0.252 e. The second kappa shape index (κ2) is 8.56. The molecule has 0 bridgehead atoms. The van der Waals surface area contributed by atoms with Gasteiger partial charge in [0.15, 0.2) is 5.82 Å². The van der Waals surface area contributed by atoms with Crippen molar-refractivity contribution in [3.05, 3.63) is 35.5 Å². The van der Waals surface area contributed by atoms with Crippen LogP contribution in [0.3, 0.4) is 0 Å². The Morgan fingerprint density at radius 1 is 1.23 bits per heavy atom. The molecule has 2 fully saturated rings. The Kier molecular flexibility index (Phi) is 6.00. The van der Waals surface area contributed by atoms with Crippen LogP contribution in [0.4, 0.5) is 0 Å². The van der Waals surface area contributed by atoms with Crippen LogP contribution in [-0.2, 0) is 20.3 Å². The minimum absolute atomic E-state index is 0.0413. The van der Waals surface area contributed by atoms with Crippen LogP contribution in [0.2, 0.25) is 0 Å². The average molecular weight is 451 g/mol. The second-order valence-electron chi connectivity index (χ2n) is 7.76. The van der Waals surface area contributed by atoms with E-state index < -0.39 is 21.5 Å². The fraction of sp³-hybridized carbons (Fsp3) is 0.550. The van der Waals surface area contributed by atoms with E-state index in [1.54, 1.807) is 13.0 Å². The Morgan fingerprint density at radius 3 is 2.55 bits per heavy atom. The largest absolute Gasteiger partial charge is 0.495 e. The molecule has 1 saturated heterocycles. The number of nitrogens with one attached hydrogen (secondary N) is 1. The van der Waals surface area contributed by atoms with Crippen molar-refractivity contribution >= 4 is 15.9 Å². The number of ether oxygens (including phenoxy) is 2. The molecule has 11 heteroatoms. The van der Waals surface area contributed by atoms with E-state index >= 15 is 0 Å². The fourth-order valence-corrected chi connectivity index (χ4v) is 5.70. The van der Waals surface area contributed by atoms with Gasteiger partial charge in [-0.15, -0.1) is 0 Å². The molecular weight excluding hydrogens is 424 g/mol. The van der Waals surface area contributed by atoms with E-state index in [1.807, 2.05) is 0 Å². The lowest BCUT2D eigenvalue weighted by molar-refractivity contribution is 0.0729. The highest BCUT2D eigenvalue weighted by atomic mass is 32.2. The highest BCUT2D eigenvalue weighted by Gasteiger charge is 2.41. The van der Waals surface area contributed by atoms with Crippen molar-refractivity contribution in [1.82, 2.24) is 19.8 Å². The summed E-state index contributed by atoms with van der Waals surface area (Å²) in [6, 6.07) is 4.42. The first kappa shape index (κ1) is 21.7. The number of nitrogens with zero attached hydrogens (tertiary/aromatic N) is 3. The van der Waals surface area contributed by atoms with E-state index in [9.17, 15) is 13.2 Å². The summed E-state index contributed by atoms with van der Waals surface area (Å²) >= 11 is 0. The zero-order chi connectivity index (χ0) is 22.1. The lowest BCUT2D eigenvalue weighted by atomic mass is 9.96. The molecule has 2 aliphatic rings. The minimum atomic E-state index is -3.84. The number of rotatable bonds is 6. The molecule has 1 aromatic carbocycles. The molecule has 31 heavy (non-hydrogen) atoms. The molecule has 4 rings (SSSR count). The first-order valence-electron chi connectivity index (χ1n) is 10.2. The smallest absolute Gasteiger partial charge is 0.252 e. The molecule has 1 N–H and O–H groups in total. The summed E-state index contributed by atoms with van der Waals surface area (Å²) in [5.74, 6) is 0.669. The predicted molar refractivity (Wildman–Crippen MR) is 109 cm³/mol. The van der Waals surface area contributed by atoms with Crippen LogP contribution < -0.4 is 10.1 Å². The molecule has 0 spiro atoms. The number of aromatic nitrogens is 2. The van der Waals surface area contributed by atoms with Gasteiger partial charge in [-0.3, -0.25) is 4.79 Å². The molecule has 0 radical (unpaired) electrons. The number of carbonyl (C=O) groups is 1. The van der Waals surface area contributed by atoms with E-state index in [-0.39, 0.29) is 29.3 Å². The van der Waals surface area contributed by atoms with Crippen molar-refractivity contribution in [2.45, 2.75) is 43.0 Å². The maximum absolute atomic E-state index is 13.2. The topological polar surface area (TPSA) is 124 Å². The van der Waals surface area contributed by atoms with E-state index in [4.69, 9.17) is 14.0 Å². The third-order valence-electron chi connectivity index (χ3n) is 5.78. The number of hydrogen-bond donors (Lipinski definition) is 1. The summed E-state index contributed by atoms with van der Waals surface area (Å²) in [5, 5.41) is 7.07. The highest BCUT2D eigenvalue weighted by molar-refractivity contribution is 7.89. The van der Waals surface area contributed by atoms with Crippen LogP contribution in [0.1, 0.15) is 47.8 Å². The van der Waals surface area contributed by atoms with Crippen LogP contribution in [0.15, 0.2) is 27.6 Å². The number of aryl methyl sites for hydroxylation is 1. The third-order valence-corrected chi connectivity index (χ3v) is 7.70. The van der Waals surface area contributed by atoms with Crippen LogP contribution in [0, 0.1) is 6.92 Å². The van der Waals surface area contributed by atoms with Crippen LogP contribution in [0.5, 0.6) is 5.75 Å². The van der Waals surface area contributed by atoms with Crippen molar-refractivity contribution in [3.8, 4) is 5.75 Å². The van der Waals surface area contributed by atoms with Gasteiger partial charge in [0.25, 0.3) is 5.91 Å². The third kappa shape index (κ3) is 4.17. The highest BCUT2D eigenvalue weighted by Crippen LogP contribution is 2.38. The quantitative estimate of drug-likeness (QED) is 0.704. The number of sulfonamides is 1. The van der Waals surface area contributed by atoms with Gasteiger partial charge in [-0.1, -0.05) is 18.0 Å². The second-order valence-corrected chi connectivity index (χ2v) is 9.67. The van der Waals surface area contributed by atoms with Crippen molar-refractivity contribution < 1.29 is 27.2 Å². The summed E-state index contributed by atoms with van der Waals surface area (Å²) < 4.78 is 43.4. The number of morpholine rings is 1. The molecule has 1 saturated carbocycles. The van der Waals surface area contributed by atoms with Gasteiger partial charge in [-0.25, -0.2) is 8.42 Å². The molecule has 2 heterocycles. The molecule has 0 atom stereocenters. The summed E-state index contributed by atoms with van der Waals surface area (Å²) in [5.41, 5.74) is -0.503. The SMILES string of the molecule is COc1ccc(C(=O)NC2(c3noc(C)n3)CCCC2)cc1S(=O)(=O)N1CCOCC1. The summed E-state index contributed by atoms with van der Waals surface area (Å²) in [6.07, 6.45) is 3.22. The zero-order valence-corrected chi connectivity index (χ0v) is 18.4. The van der Waals surface area contributed by atoms with Crippen LogP contribution in [-0.4, -0.2) is 62.2 Å². The number of benzene rings is 1. The van der Waals surface area contributed by atoms with Gasteiger partial charge in [0, 0.05) is 25.6 Å². The molecule has 2 aromatic rings. The van der Waals surface area contributed by atoms with Gasteiger partial charge in [-0.05, 0) is 31.0 Å². The van der Waals surface area contributed by atoms with Crippen molar-refractivity contribution in [2.75, 3.05) is 33.4 Å². The molecule has 1 aliphatic carbocycles. The molecule has 168 valence electrons. The maximum atomic E-state index is 13.2. The Labute approximate surface area is 181 Å². The monoisotopic (exact) mass is 450 g/mol. The van der Waals surface area contributed by atoms with Gasteiger partial charge in [0.2, 0.25) is 15.9 Å². The molecule has 1 aromatic heterocycles. The van der Waals surface area contributed by atoms with Gasteiger partial charge in [-0.2, -0.15) is 9.29 Å². The number of hydrogen-bond acceptors (Lipinski definition) is 8. The van der Waals surface area contributed by atoms with E-state index in [0.717, 1.165) is 12.8 Å². The zero-order valence-electron chi connectivity index (χ0n) is 17.6. The summed E-state index contributed by atoms with van der Waals surface area (Å²) in [7, 11) is -2.44. The molecular formula is C20H26N4O6S. The Bertz CT molecular complexity index is 1060. The van der Waals surface area contributed by atoms with Gasteiger partial charge in [0.1, 0.15) is 16.2 Å². The van der Waals surface area contributed by atoms with Crippen LogP contribution in [0.25, 0.3) is 0 Å². The molecule has 0 unspecified atom stereocenters. The average Bonchev–Trinajstić information content (AvgIpc) is 3.43. The van der Waals surface area contributed by atoms with E-state index in [0.29, 0.717) is 37.8 Å². The number of carbonyl (C=O) groups excluding carboxylic acids is 1. The first-order chi connectivity index (χ1) is 14.9. The summed E-state index contributed by atoms with van der Waals surface area (Å²) in [6.45, 7) is 2.86. The Morgan fingerprint density at radius 2 is 1.94 bits per heavy atom. The fourth-order valence-electron chi connectivity index (χ4n) is 4.11. The normalized spacial score (nSPS) is 19.3.